The van der Waals surface area contributed by atoms with Crippen molar-refractivity contribution in [3.63, 3.8) is 0 Å². The van der Waals surface area contributed by atoms with Crippen molar-refractivity contribution >= 4 is 28.8 Å². The minimum atomic E-state index is -0.196. The van der Waals surface area contributed by atoms with Crippen molar-refractivity contribution in [3.05, 3.63) is 29.8 Å². The number of benzene rings is 1. The third kappa shape index (κ3) is 4.93. The molecule has 4 nitrogen and oxygen atoms in total. The fraction of sp³-hybridized carbons (Fsp3) is 0.333. The molecule has 0 atom stereocenters. The first-order valence-corrected chi connectivity index (χ1v) is 5.71. The van der Waals surface area contributed by atoms with Crippen LogP contribution in [0.5, 0.6) is 0 Å². The average Bonchev–Trinajstić information content (AvgIpc) is 2.26. The summed E-state index contributed by atoms with van der Waals surface area (Å²) in [6.07, 6.45) is 0.0312. The Morgan fingerprint density at radius 3 is 2.82 bits per heavy atom. The normalized spacial score (nSPS) is 10.3. The molecule has 92 valence electrons. The van der Waals surface area contributed by atoms with Crippen molar-refractivity contribution in [2.75, 3.05) is 11.9 Å². The van der Waals surface area contributed by atoms with Crippen LogP contribution < -0.4 is 11.1 Å². The predicted molar refractivity (Wildman–Crippen MR) is 72.0 cm³/mol. The number of amides is 1. The summed E-state index contributed by atoms with van der Waals surface area (Å²) in [7, 11) is 0. The van der Waals surface area contributed by atoms with Crippen LogP contribution in [-0.2, 0) is 9.53 Å². The third-order valence-corrected chi connectivity index (χ3v) is 2.21. The van der Waals surface area contributed by atoms with E-state index >= 15 is 0 Å². The maximum Gasteiger partial charge on any atom is 0.250 e. The van der Waals surface area contributed by atoms with Crippen molar-refractivity contribution < 1.29 is 9.53 Å². The summed E-state index contributed by atoms with van der Waals surface area (Å²) in [5.41, 5.74) is 6.89. The first-order chi connectivity index (χ1) is 7.99. The van der Waals surface area contributed by atoms with Crippen LogP contribution >= 0.6 is 12.2 Å². The Bertz CT molecular complexity index is 419. The summed E-state index contributed by atoms with van der Waals surface area (Å²) >= 11 is 4.86. The highest BCUT2D eigenvalue weighted by Crippen LogP contribution is 2.10. The molecule has 0 saturated heterocycles. The van der Waals surface area contributed by atoms with Gasteiger partial charge in [0.25, 0.3) is 0 Å². The monoisotopic (exact) mass is 252 g/mol. The highest BCUT2D eigenvalue weighted by Gasteiger charge is 2.05. The van der Waals surface area contributed by atoms with E-state index in [2.05, 4.69) is 5.32 Å². The number of nitrogens with one attached hydrogen (secondary N) is 1. The lowest BCUT2D eigenvalue weighted by Gasteiger charge is -2.09. The Hall–Kier alpha value is -1.46. The van der Waals surface area contributed by atoms with Crippen LogP contribution in [0.25, 0.3) is 0 Å². The molecular weight excluding hydrogens is 236 g/mol. The summed E-state index contributed by atoms with van der Waals surface area (Å²) in [6, 6.07) is 7.08. The van der Waals surface area contributed by atoms with E-state index in [1.165, 1.54) is 0 Å². The van der Waals surface area contributed by atoms with Crippen molar-refractivity contribution in [1.82, 2.24) is 0 Å². The molecule has 17 heavy (non-hydrogen) atoms. The van der Waals surface area contributed by atoms with E-state index in [4.69, 9.17) is 22.7 Å². The molecule has 0 saturated carbocycles. The van der Waals surface area contributed by atoms with Crippen molar-refractivity contribution in [2.24, 2.45) is 5.73 Å². The van der Waals surface area contributed by atoms with Crippen molar-refractivity contribution in [3.8, 4) is 0 Å². The zero-order valence-electron chi connectivity index (χ0n) is 9.90. The minimum absolute atomic E-state index is 0.0312. The van der Waals surface area contributed by atoms with E-state index < -0.39 is 0 Å². The van der Waals surface area contributed by atoms with Gasteiger partial charge < -0.3 is 15.8 Å². The zero-order valence-corrected chi connectivity index (χ0v) is 10.7. The van der Waals surface area contributed by atoms with Gasteiger partial charge in [-0.25, -0.2) is 0 Å². The number of carbonyl (C=O) groups excluding carboxylic acids is 1. The number of nitrogens with two attached hydrogens (primary N) is 1. The third-order valence-electron chi connectivity index (χ3n) is 1.98. The SMILES string of the molecule is CC(C)OCC(=O)Nc1cccc(C(N)=S)c1. The van der Waals surface area contributed by atoms with Gasteiger partial charge in [-0.05, 0) is 26.0 Å². The van der Waals surface area contributed by atoms with Crippen molar-refractivity contribution in [1.29, 1.82) is 0 Å². The molecule has 0 aromatic heterocycles. The minimum Gasteiger partial charge on any atom is -0.389 e. The second-order valence-corrected chi connectivity index (χ2v) is 4.29. The maximum absolute atomic E-state index is 11.5. The van der Waals surface area contributed by atoms with Gasteiger partial charge in [0.05, 0.1) is 6.10 Å². The molecule has 0 aliphatic heterocycles. The molecule has 1 aromatic rings. The quantitative estimate of drug-likeness (QED) is 0.783. The van der Waals surface area contributed by atoms with Crippen LogP contribution in [0, 0.1) is 0 Å². The number of hydrogen-bond donors (Lipinski definition) is 2. The van der Waals surface area contributed by atoms with Gasteiger partial charge in [-0.15, -0.1) is 0 Å². The Balaban J connectivity index is 2.59. The summed E-state index contributed by atoms with van der Waals surface area (Å²) < 4.78 is 5.19. The van der Waals surface area contributed by atoms with Gasteiger partial charge in [-0.3, -0.25) is 4.79 Å². The van der Waals surface area contributed by atoms with E-state index in [1.54, 1.807) is 24.3 Å². The average molecular weight is 252 g/mol. The van der Waals surface area contributed by atoms with Crippen molar-refractivity contribution in [2.45, 2.75) is 20.0 Å². The molecular formula is C12H16N2O2S. The Morgan fingerprint density at radius 2 is 2.24 bits per heavy atom. The van der Waals surface area contributed by atoms with Crippen LogP contribution in [-0.4, -0.2) is 23.6 Å². The Labute approximate surface area is 106 Å². The topological polar surface area (TPSA) is 64.3 Å². The Kier molecular flexibility index (Phi) is 5.06. The van der Waals surface area contributed by atoms with E-state index in [-0.39, 0.29) is 18.6 Å². The van der Waals surface area contributed by atoms with Gasteiger partial charge in [-0.1, -0.05) is 24.4 Å². The van der Waals surface area contributed by atoms with Crippen LogP contribution in [0.15, 0.2) is 24.3 Å². The number of ether oxygens (including phenoxy) is 1. The fourth-order valence-electron chi connectivity index (χ4n) is 1.19. The van der Waals surface area contributed by atoms with Crippen LogP contribution in [0.4, 0.5) is 5.69 Å². The molecule has 1 rings (SSSR count). The number of hydrogen-bond acceptors (Lipinski definition) is 3. The fourth-order valence-corrected chi connectivity index (χ4v) is 1.32. The van der Waals surface area contributed by atoms with Crippen LogP contribution in [0.2, 0.25) is 0 Å². The molecule has 0 radical (unpaired) electrons. The van der Waals surface area contributed by atoms with Gasteiger partial charge in [0, 0.05) is 11.3 Å². The van der Waals surface area contributed by atoms with E-state index in [0.29, 0.717) is 10.7 Å². The molecule has 3 N–H and O–H groups in total. The van der Waals surface area contributed by atoms with Crippen LogP contribution in [0.3, 0.4) is 0 Å². The van der Waals surface area contributed by atoms with E-state index in [1.807, 2.05) is 13.8 Å². The van der Waals surface area contributed by atoms with E-state index in [9.17, 15) is 4.79 Å². The molecule has 0 heterocycles. The van der Waals surface area contributed by atoms with Gasteiger partial charge >= 0.3 is 0 Å². The smallest absolute Gasteiger partial charge is 0.250 e. The lowest BCUT2D eigenvalue weighted by atomic mass is 10.2. The largest absolute Gasteiger partial charge is 0.389 e. The number of anilines is 1. The predicted octanol–water partition coefficient (Wildman–Crippen LogP) is 1.68. The lowest BCUT2D eigenvalue weighted by Crippen LogP contribution is -2.21. The molecule has 0 bridgehead atoms. The van der Waals surface area contributed by atoms with Gasteiger partial charge in [0.1, 0.15) is 11.6 Å². The molecule has 5 heteroatoms. The second kappa shape index (κ2) is 6.32. The number of carbonyl (C=O) groups is 1. The first-order valence-electron chi connectivity index (χ1n) is 5.30. The number of rotatable bonds is 5. The molecule has 0 unspecified atom stereocenters. The highest BCUT2D eigenvalue weighted by atomic mass is 32.1. The molecule has 0 fully saturated rings. The lowest BCUT2D eigenvalue weighted by molar-refractivity contribution is -0.121. The Morgan fingerprint density at radius 1 is 1.53 bits per heavy atom. The molecule has 0 aliphatic rings. The standard InChI is InChI=1S/C12H16N2O2S/c1-8(2)16-7-11(15)14-10-5-3-4-9(6-10)12(13)17/h3-6,8H,7H2,1-2H3,(H2,13,17)(H,14,15). The van der Waals surface area contributed by atoms with Crippen LogP contribution in [0.1, 0.15) is 19.4 Å². The maximum atomic E-state index is 11.5. The van der Waals surface area contributed by atoms with Gasteiger partial charge in [0.2, 0.25) is 5.91 Å². The molecule has 0 aliphatic carbocycles. The molecule has 1 aromatic carbocycles. The number of thiocarbonyl (C=S) groups is 1. The van der Waals surface area contributed by atoms with Gasteiger partial charge in [-0.2, -0.15) is 0 Å². The summed E-state index contributed by atoms with van der Waals surface area (Å²) in [5, 5.41) is 2.71. The zero-order chi connectivity index (χ0) is 12.8. The summed E-state index contributed by atoms with van der Waals surface area (Å²) in [6.45, 7) is 3.79. The van der Waals surface area contributed by atoms with E-state index in [0.717, 1.165) is 5.56 Å². The summed E-state index contributed by atoms with van der Waals surface area (Å²) in [5.74, 6) is -0.196. The first kappa shape index (κ1) is 13.6. The summed E-state index contributed by atoms with van der Waals surface area (Å²) in [4.78, 5) is 11.8. The second-order valence-electron chi connectivity index (χ2n) is 3.85. The molecule has 0 spiro atoms. The highest BCUT2D eigenvalue weighted by molar-refractivity contribution is 7.80. The van der Waals surface area contributed by atoms with Gasteiger partial charge in [0.15, 0.2) is 0 Å². The molecule has 1 amide bonds.